The number of para-hydroxylation sites is 1. The number of carbonyl (C=O) groups excluding carboxylic acids is 2. The van der Waals surface area contributed by atoms with Gasteiger partial charge in [0.05, 0.1) is 16.2 Å². The van der Waals surface area contributed by atoms with E-state index in [1.807, 2.05) is 17.5 Å². The van der Waals surface area contributed by atoms with Crippen LogP contribution >= 0.6 is 35.3 Å². The van der Waals surface area contributed by atoms with Gasteiger partial charge in [0, 0.05) is 17.8 Å². The molecule has 146 valence electrons. The van der Waals surface area contributed by atoms with Gasteiger partial charge in [0.25, 0.3) is 5.91 Å². The Morgan fingerprint density at radius 1 is 1.21 bits per heavy atom. The molecule has 1 N–H and O–H groups in total. The van der Waals surface area contributed by atoms with Crippen LogP contribution in [0.5, 0.6) is 0 Å². The SMILES string of the molecule is O=C(CCN1C(=O)/C(=C/c2cccs2)SC1=S)Nc1ccccc1C(F)(F)F. The molecular formula is C18H13F3N2O2S3. The quantitative estimate of drug-likeness (QED) is 0.523. The van der Waals surface area contributed by atoms with Gasteiger partial charge in [-0.1, -0.05) is 42.2 Å². The summed E-state index contributed by atoms with van der Waals surface area (Å²) in [7, 11) is 0. The van der Waals surface area contributed by atoms with Crippen molar-refractivity contribution in [1.82, 2.24) is 4.90 Å². The second kappa shape index (κ2) is 8.46. The van der Waals surface area contributed by atoms with Crippen molar-refractivity contribution in [3.05, 3.63) is 57.1 Å². The Morgan fingerprint density at radius 3 is 2.64 bits per heavy atom. The minimum atomic E-state index is -4.57. The molecule has 3 rings (SSSR count). The molecule has 1 aliphatic heterocycles. The molecule has 0 atom stereocenters. The molecule has 1 fully saturated rings. The molecule has 1 aromatic carbocycles. The van der Waals surface area contributed by atoms with Gasteiger partial charge in [-0.3, -0.25) is 14.5 Å². The smallest absolute Gasteiger partial charge is 0.325 e. The number of thiocarbonyl (C=S) groups is 1. The molecule has 0 bridgehead atoms. The van der Waals surface area contributed by atoms with E-state index in [1.54, 1.807) is 6.08 Å². The molecule has 2 amide bonds. The molecule has 10 heteroatoms. The van der Waals surface area contributed by atoms with Gasteiger partial charge >= 0.3 is 6.18 Å². The van der Waals surface area contributed by atoms with Crippen molar-refractivity contribution in [1.29, 1.82) is 0 Å². The number of hydrogen-bond acceptors (Lipinski definition) is 5. The second-order valence-corrected chi connectivity index (χ2v) is 8.35. The van der Waals surface area contributed by atoms with Crippen LogP contribution in [-0.2, 0) is 15.8 Å². The Hall–Kier alpha value is -2.17. The number of amides is 2. The van der Waals surface area contributed by atoms with Crippen molar-refractivity contribution in [2.45, 2.75) is 12.6 Å². The number of nitrogens with zero attached hydrogens (tertiary/aromatic N) is 1. The van der Waals surface area contributed by atoms with E-state index < -0.39 is 17.6 Å². The lowest BCUT2D eigenvalue weighted by atomic mass is 10.1. The summed E-state index contributed by atoms with van der Waals surface area (Å²) in [5, 5.41) is 4.14. The Balaban J connectivity index is 1.62. The van der Waals surface area contributed by atoms with Crippen molar-refractivity contribution in [2.24, 2.45) is 0 Å². The van der Waals surface area contributed by atoms with E-state index in [-0.39, 0.29) is 24.6 Å². The number of nitrogens with one attached hydrogen (secondary N) is 1. The van der Waals surface area contributed by atoms with Crippen LogP contribution < -0.4 is 5.32 Å². The average Bonchev–Trinajstić information content (AvgIpc) is 3.22. The molecule has 4 nitrogen and oxygen atoms in total. The minimum Gasteiger partial charge on any atom is -0.325 e. The van der Waals surface area contributed by atoms with E-state index in [0.717, 1.165) is 22.7 Å². The highest BCUT2D eigenvalue weighted by atomic mass is 32.2. The highest BCUT2D eigenvalue weighted by molar-refractivity contribution is 8.26. The Kier molecular flexibility index (Phi) is 6.21. The average molecular weight is 443 g/mol. The van der Waals surface area contributed by atoms with Gasteiger partial charge in [-0.2, -0.15) is 13.2 Å². The van der Waals surface area contributed by atoms with E-state index in [0.29, 0.717) is 9.23 Å². The normalized spacial score (nSPS) is 16.1. The van der Waals surface area contributed by atoms with Gasteiger partial charge in [-0.15, -0.1) is 11.3 Å². The third kappa shape index (κ3) is 4.81. The first-order valence-electron chi connectivity index (χ1n) is 8.00. The summed E-state index contributed by atoms with van der Waals surface area (Å²) in [6, 6.07) is 8.46. The fourth-order valence-corrected chi connectivity index (χ4v) is 4.49. The van der Waals surface area contributed by atoms with Gasteiger partial charge in [-0.05, 0) is 29.7 Å². The summed E-state index contributed by atoms with van der Waals surface area (Å²) in [6.45, 7) is -0.00747. The maximum atomic E-state index is 13.0. The van der Waals surface area contributed by atoms with Gasteiger partial charge in [0.15, 0.2) is 0 Å². The molecule has 2 aromatic rings. The molecule has 28 heavy (non-hydrogen) atoms. The number of alkyl halides is 3. The Labute approximate surface area is 172 Å². The number of hydrogen-bond donors (Lipinski definition) is 1. The molecule has 0 spiro atoms. The van der Waals surface area contributed by atoms with E-state index >= 15 is 0 Å². The zero-order valence-corrected chi connectivity index (χ0v) is 16.6. The van der Waals surface area contributed by atoms with Crippen LogP contribution in [0.25, 0.3) is 6.08 Å². The van der Waals surface area contributed by atoms with Gasteiger partial charge in [0.2, 0.25) is 5.91 Å². The summed E-state index contributed by atoms with van der Waals surface area (Å²) in [4.78, 5) is 27.2. The first-order chi connectivity index (χ1) is 13.3. The number of thiophene rings is 1. The standard InChI is InChI=1S/C18H13F3N2O2S3/c19-18(20,21)12-5-1-2-6-13(12)22-15(24)7-8-23-16(25)14(28-17(23)26)10-11-4-3-9-27-11/h1-6,9-10H,7-8H2,(H,22,24)/b14-10-. The topological polar surface area (TPSA) is 49.4 Å². The zero-order chi connectivity index (χ0) is 20.3. The minimum absolute atomic E-state index is 0.00747. The Bertz CT molecular complexity index is 940. The number of halogens is 3. The number of anilines is 1. The molecule has 2 heterocycles. The maximum Gasteiger partial charge on any atom is 0.418 e. The van der Waals surface area contributed by atoms with Crippen LogP contribution in [0.1, 0.15) is 16.9 Å². The van der Waals surface area contributed by atoms with Crippen LogP contribution in [-0.4, -0.2) is 27.6 Å². The summed E-state index contributed by atoms with van der Waals surface area (Å²) in [5.41, 5.74) is -1.24. The molecule has 1 aromatic heterocycles. The lowest BCUT2D eigenvalue weighted by Gasteiger charge is -2.16. The molecule has 1 saturated heterocycles. The van der Waals surface area contributed by atoms with Crippen LogP contribution in [0.4, 0.5) is 18.9 Å². The molecular weight excluding hydrogens is 429 g/mol. The van der Waals surface area contributed by atoms with Crippen molar-refractivity contribution in [3.8, 4) is 0 Å². The van der Waals surface area contributed by atoms with Crippen LogP contribution in [0.15, 0.2) is 46.7 Å². The zero-order valence-electron chi connectivity index (χ0n) is 14.2. The summed E-state index contributed by atoms with van der Waals surface area (Å²) in [6.07, 6.45) is -3.02. The lowest BCUT2D eigenvalue weighted by molar-refractivity contribution is -0.137. The van der Waals surface area contributed by atoms with Crippen molar-refractivity contribution in [3.63, 3.8) is 0 Å². The molecule has 1 aliphatic rings. The predicted octanol–water partition coefficient (Wildman–Crippen LogP) is 5.00. The summed E-state index contributed by atoms with van der Waals surface area (Å²) < 4.78 is 39.3. The monoisotopic (exact) mass is 442 g/mol. The fraction of sp³-hybridized carbons (Fsp3) is 0.167. The van der Waals surface area contributed by atoms with Crippen LogP contribution in [0.3, 0.4) is 0 Å². The first kappa shape index (κ1) is 20.6. The maximum absolute atomic E-state index is 13.0. The Morgan fingerprint density at radius 2 is 1.96 bits per heavy atom. The number of benzene rings is 1. The number of rotatable bonds is 5. The molecule has 0 radical (unpaired) electrons. The second-order valence-electron chi connectivity index (χ2n) is 5.69. The van der Waals surface area contributed by atoms with Crippen molar-refractivity contribution in [2.75, 3.05) is 11.9 Å². The number of carbonyl (C=O) groups is 2. The number of thioether (sulfide) groups is 1. The van der Waals surface area contributed by atoms with Crippen molar-refractivity contribution >= 4 is 63.2 Å². The molecule has 0 unspecified atom stereocenters. The van der Waals surface area contributed by atoms with E-state index in [1.165, 1.54) is 34.4 Å². The largest absolute Gasteiger partial charge is 0.418 e. The molecule has 0 saturated carbocycles. The van der Waals surface area contributed by atoms with E-state index in [9.17, 15) is 22.8 Å². The van der Waals surface area contributed by atoms with Crippen LogP contribution in [0.2, 0.25) is 0 Å². The first-order valence-corrected chi connectivity index (χ1v) is 10.1. The highest BCUT2D eigenvalue weighted by Crippen LogP contribution is 2.35. The summed E-state index contributed by atoms with van der Waals surface area (Å²) >= 11 is 7.81. The third-order valence-corrected chi connectivity index (χ3v) is 5.96. The lowest BCUT2D eigenvalue weighted by Crippen LogP contribution is -2.31. The highest BCUT2D eigenvalue weighted by Gasteiger charge is 2.34. The fourth-order valence-electron chi connectivity index (χ4n) is 2.46. The molecule has 0 aliphatic carbocycles. The van der Waals surface area contributed by atoms with Gasteiger partial charge in [-0.25, -0.2) is 0 Å². The van der Waals surface area contributed by atoms with Crippen molar-refractivity contribution < 1.29 is 22.8 Å². The third-order valence-electron chi connectivity index (χ3n) is 3.76. The van der Waals surface area contributed by atoms with Gasteiger partial charge in [0.1, 0.15) is 4.32 Å². The van der Waals surface area contributed by atoms with Gasteiger partial charge < -0.3 is 5.32 Å². The summed E-state index contributed by atoms with van der Waals surface area (Å²) in [5.74, 6) is -0.945. The van der Waals surface area contributed by atoms with E-state index in [2.05, 4.69) is 5.32 Å². The predicted molar refractivity (Wildman–Crippen MR) is 109 cm³/mol. The van der Waals surface area contributed by atoms with Crippen LogP contribution in [0, 0.1) is 0 Å². The van der Waals surface area contributed by atoms with E-state index in [4.69, 9.17) is 12.2 Å².